The molecule has 1 N–H and O–H groups in total. The van der Waals surface area contributed by atoms with Crippen LogP contribution in [0.15, 0.2) is 54.6 Å². The zero-order valence-electron chi connectivity index (χ0n) is 9.49. The lowest BCUT2D eigenvalue weighted by Crippen LogP contribution is -2.44. The first-order chi connectivity index (χ1) is 8.31. The molecule has 0 saturated carbocycles. The lowest BCUT2D eigenvalue weighted by atomic mass is 9.88. The molecular weight excluding hydrogens is 213 g/mol. The van der Waals surface area contributed by atoms with Crippen LogP contribution in [-0.2, 0) is 12.2 Å². The molecule has 1 atom stereocenters. The zero-order chi connectivity index (χ0) is 11.7. The summed E-state index contributed by atoms with van der Waals surface area (Å²) in [6.45, 7) is 0.669. The summed E-state index contributed by atoms with van der Waals surface area (Å²) >= 11 is 0. The van der Waals surface area contributed by atoms with Crippen molar-refractivity contribution < 1.29 is 4.39 Å². The monoisotopic (exact) mass is 227 g/mol. The third-order valence-electron chi connectivity index (χ3n) is 3.32. The van der Waals surface area contributed by atoms with E-state index in [9.17, 15) is 0 Å². The Balaban J connectivity index is 2.16. The van der Waals surface area contributed by atoms with E-state index < -0.39 is 5.79 Å². The number of nitrogens with one attached hydrogen (secondary N) is 1. The summed E-state index contributed by atoms with van der Waals surface area (Å²) in [6.07, 6.45) is 0.884. The molecule has 3 rings (SSSR count). The maximum Gasteiger partial charge on any atom is 0.213 e. The lowest BCUT2D eigenvalue weighted by Gasteiger charge is -2.33. The Morgan fingerprint density at radius 3 is 2.47 bits per heavy atom. The van der Waals surface area contributed by atoms with Crippen molar-refractivity contribution in [2.45, 2.75) is 12.2 Å². The van der Waals surface area contributed by atoms with Crippen LogP contribution in [0.1, 0.15) is 16.7 Å². The lowest BCUT2D eigenvalue weighted by molar-refractivity contribution is 0.157. The van der Waals surface area contributed by atoms with Gasteiger partial charge in [0.2, 0.25) is 5.79 Å². The number of hydrogen-bond donors (Lipinski definition) is 1. The molecule has 0 aliphatic carbocycles. The van der Waals surface area contributed by atoms with Crippen LogP contribution in [0, 0.1) is 0 Å². The van der Waals surface area contributed by atoms with Crippen molar-refractivity contribution in [3.63, 3.8) is 0 Å². The molecule has 17 heavy (non-hydrogen) atoms. The summed E-state index contributed by atoms with van der Waals surface area (Å²) in [7, 11) is 0. The maximum atomic E-state index is 15.2. The number of alkyl halides is 1. The molecule has 0 fully saturated rings. The van der Waals surface area contributed by atoms with Gasteiger partial charge in [0.15, 0.2) is 0 Å². The molecule has 0 amide bonds. The van der Waals surface area contributed by atoms with E-state index in [-0.39, 0.29) is 0 Å². The van der Waals surface area contributed by atoms with Gasteiger partial charge in [-0.05, 0) is 12.0 Å². The van der Waals surface area contributed by atoms with E-state index in [2.05, 4.69) is 5.32 Å². The van der Waals surface area contributed by atoms with Gasteiger partial charge in [0.25, 0.3) is 0 Å². The quantitative estimate of drug-likeness (QED) is 0.738. The van der Waals surface area contributed by atoms with Gasteiger partial charge in [0, 0.05) is 17.7 Å². The molecule has 1 unspecified atom stereocenters. The van der Waals surface area contributed by atoms with Crippen molar-refractivity contribution in [3.05, 3.63) is 71.3 Å². The summed E-state index contributed by atoms with van der Waals surface area (Å²) in [4.78, 5) is 0. The van der Waals surface area contributed by atoms with Gasteiger partial charge in [-0.15, -0.1) is 0 Å². The second-order valence-corrected chi connectivity index (χ2v) is 4.36. The molecule has 0 spiro atoms. The summed E-state index contributed by atoms with van der Waals surface area (Å²) in [6, 6.07) is 17.0. The van der Waals surface area contributed by atoms with Gasteiger partial charge >= 0.3 is 0 Å². The van der Waals surface area contributed by atoms with Crippen LogP contribution in [-0.4, -0.2) is 6.54 Å². The first kappa shape index (κ1) is 10.5. The highest BCUT2D eigenvalue weighted by atomic mass is 19.1. The van der Waals surface area contributed by atoms with Crippen LogP contribution in [0.5, 0.6) is 0 Å². The molecule has 1 aliphatic rings. The molecule has 0 saturated heterocycles. The fraction of sp³-hybridized carbons (Fsp3) is 0.200. The second-order valence-electron chi connectivity index (χ2n) is 4.36. The molecule has 0 aromatic heterocycles. The summed E-state index contributed by atoms with van der Waals surface area (Å²) in [5, 5.41) is 3.00. The fourth-order valence-electron chi connectivity index (χ4n) is 2.46. The van der Waals surface area contributed by atoms with E-state index in [0.717, 1.165) is 17.5 Å². The Morgan fingerprint density at radius 1 is 0.941 bits per heavy atom. The molecule has 86 valence electrons. The maximum absolute atomic E-state index is 15.2. The summed E-state index contributed by atoms with van der Waals surface area (Å²) in [5.41, 5.74) is 2.52. The Kier molecular flexibility index (Phi) is 2.45. The highest BCUT2D eigenvalue weighted by Gasteiger charge is 2.37. The Morgan fingerprint density at radius 2 is 1.65 bits per heavy atom. The smallest absolute Gasteiger partial charge is 0.213 e. The van der Waals surface area contributed by atoms with E-state index in [1.165, 1.54) is 0 Å². The first-order valence-corrected chi connectivity index (χ1v) is 5.88. The summed E-state index contributed by atoms with van der Waals surface area (Å²) in [5.74, 6) is -1.55. The number of fused-ring (bicyclic) bond motifs is 1. The zero-order valence-corrected chi connectivity index (χ0v) is 9.49. The minimum absolute atomic E-state index is 0.669. The molecule has 2 aromatic rings. The largest absolute Gasteiger partial charge is 0.277 e. The number of halogens is 1. The van der Waals surface area contributed by atoms with Crippen molar-refractivity contribution >= 4 is 0 Å². The van der Waals surface area contributed by atoms with E-state index in [0.29, 0.717) is 12.1 Å². The third kappa shape index (κ3) is 1.65. The predicted molar refractivity (Wildman–Crippen MR) is 66.5 cm³/mol. The average Bonchev–Trinajstić information content (AvgIpc) is 2.40. The SMILES string of the molecule is FC1(c2ccccc2)NCCc2ccccc21. The van der Waals surface area contributed by atoms with Crippen molar-refractivity contribution in [1.82, 2.24) is 5.32 Å². The van der Waals surface area contributed by atoms with E-state index in [4.69, 9.17) is 0 Å². The third-order valence-corrected chi connectivity index (χ3v) is 3.32. The minimum Gasteiger partial charge on any atom is -0.277 e. The molecule has 2 aromatic carbocycles. The van der Waals surface area contributed by atoms with E-state index in [1.54, 1.807) is 0 Å². The van der Waals surface area contributed by atoms with Crippen molar-refractivity contribution in [2.75, 3.05) is 6.54 Å². The highest BCUT2D eigenvalue weighted by molar-refractivity contribution is 5.42. The number of hydrogen-bond acceptors (Lipinski definition) is 1. The number of rotatable bonds is 1. The van der Waals surface area contributed by atoms with Crippen molar-refractivity contribution in [1.29, 1.82) is 0 Å². The van der Waals surface area contributed by atoms with Crippen LogP contribution in [0.4, 0.5) is 4.39 Å². The van der Waals surface area contributed by atoms with E-state index in [1.807, 2.05) is 54.6 Å². The van der Waals surface area contributed by atoms with Crippen LogP contribution < -0.4 is 5.32 Å². The Labute approximate surface area is 100 Å². The Bertz CT molecular complexity index is 523. The van der Waals surface area contributed by atoms with Crippen LogP contribution in [0.3, 0.4) is 0 Å². The van der Waals surface area contributed by atoms with Gasteiger partial charge in [-0.1, -0.05) is 54.6 Å². The second kappa shape index (κ2) is 3.97. The van der Waals surface area contributed by atoms with Crippen LogP contribution in [0.2, 0.25) is 0 Å². The Hall–Kier alpha value is -1.67. The topological polar surface area (TPSA) is 12.0 Å². The highest BCUT2D eigenvalue weighted by Crippen LogP contribution is 2.35. The van der Waals surface area contributed by atoms with Crippen molar-refractivity contribution in [3.8, 4) is 0 Å². The molecule has 1 heterocycles. The van der Waals surface area contributed by atoms with Gasteiger partial charge in [-0.2, -0.15) is 0 Å². The van der Waals surface area contributed by atoms with Gasteiger partial charge in [0.05, 0.1) is 0 Å². The molecule has 1 aliphatic heterocycles. The van der Waals surface area contributed by atoms with Gasteiger partial charge in [-0.25, -0.2) is 4.39 Å². The van der Waals surface area contributed by atoms with Crippen LogP contribution >= 0.6 is 0 Å². The van der Waals surface area contributed by atoms with E-state index >= 15 is 4.39 Å². The van der Waals surface area contributed by atoms with Gasteiger partial charge in [0.1, 0.15) is 0 Å². The normalized spacial score (nSPS) is 23.1. The average molecular weight is 227 g/mol. The van der Waals surface area contributed by atoms with Gasteiger partial charge in [-0.3, -0.25) is 5.32 Å². The molecule has 0 radical (unpaired) electrons. The first-order valence-electron chi connectivity index (χ1n) is 5.88. The fourth-order valence-corrected chi connectivity index (χ4v) is 2.46. The summed E-state index contributed by atoms with van der Waals surface area (Å²) < 4.78 is 15.2. The molecular formula is C15H14FN. The molecule has 2 heteroatoms. The van der Waals surface area contributed by atoms with Crippen molar-refractivity contribution in [2.24, 2.45) is 0 Å². The predicted octanol–water partition coefficient (Wildman–Crippen LogP) is 3.00. The molecule has 0 bridgehead atoms. The number of benzene rings is 2. The standard InChI is InChI=1S/C15H14FN/c16-15(13-7-2-1-3-8-13)14-9-5-4-6-12(14)10-11-17-15/h1-9,17H,10-11H2. The van der Waals surface area contributed by atoms with Gasteiger partial charge < -0.3 is 0 Å². The molecule has 1 nitrogen and oxygen atoms in total. The van der Waals surface area contributed by atoms with Crippen LogP contribution in [0.25, 0.3) is 0 Å². The minimum atomic E-state index is -1.55.